The van der Waals surface area contributed by atoms with Crippen LogP contribution in [0.2, 0.25) is 0 Å². The van der Waals surface area contributed by atoms with Crippen molar-refractivity contribution in [1.82, 2.24) is 15.1 Å². The highest BCUT2D eigenvalue weighted by molar-refractivity contribution is 5.46. The smallest absolute Gasteiger partial charge is 0.276 e. The Labute approximate surface area is 118 Å². The van der Waals surface area contributed by atoms with Gasteiger partial charge in [-0.05, 0) is 31.9 Å². The Morgan fingerprint density at radius 2 is 2.15 bits per heavy atom. The van der Waals surface area contributed by atoms with E-state index in [9.17, 15) is 0 Å². The lowest BCUT2D eigenvalue weighted by atomic mass is 10.0. The molecule has 1 unspecified atom stereocenters. The van der Waals surface area contributed by atoms with Crippen molar-refractivity contribution < 1.29 is 9.26 Å². The maximum Gasteiger partial charge on any atom is 0.276 e. The molecule has 6 nitrogen and oxygen atoms in total. The Bertz CT molecular complexity index is 553. The molecule has 6 heteroatoms. The van der Waals surface area contributed by atoms with Crippen LogP contribution in [-0.4, -0.2) is 21.7 Å². The summed E-state index contributed by atoms with van der Waals surface area (Å²) >= 11 is 0. The topological polar surface area (TPSA) is 87.1 Å². The average Bonchev–Trinajstić information content (AvgIpc) is 2.98. The quantitative estimate of drug-likeness (QED) is 0.870. The van der Waals surface area contributed by atoms with Crippen LogP contribution >= 0.6 is 0 Å². The second-order valence-corrected chi connectivity index (χ2v) is 4.70. The first-order valence-electron chi connectivity index (χ1n) is 6.76. The van der Waals surface area contributed by atoms with Crippen LogP contribution in [0.25, 0.3) is 11.6 Å². The fourth-order valence-corrected chi connectivity index (χ4v) is 1.86. The zero-order chi connectivity index (χ0) is 14.6. The summed E-state index contributed by atoms with van der Waals surface area (Å²) in [4.78, 5) is 8.67. The third kappa shape index (κ3) is 2.86. The molecule has 1 atom stereocenters. The van der Waals surface area contributed by atoms with Crippen LogP contribution < -0.4 is 5.73 Å². The molecule has 0 fully saturated rings. The van der Waals surface area contributed by atoms with E-state index in [1.165, 1.54) is 0 Å². The molecule has 0 aliphatic rings. The molecule has 0 saturated heterocycles. The first kappa shape index (κ1) is 14.6. The molecule has 2 heterocycles. The normalized spacial score (nSPS) is 14.2. The molecule has 0 saturated carbocycles. The van der Waals surface area contributed by atoms with Crippen LogP contribution in [0.5, 0.6) is 0 Å². The number of hydrogen-bond donors (Lipinski definition) is 1. The molecule has 2 rings (SSSR count). The fourth-order valence-electron chi connectivity index (χ4n) is 1.86. The van der Waals surface area contributed by atoms with Gasteiger partial charge in [0, 0.05) is 19.3 Å². The van der Waals surface area contributed by atoms with Gasteiger partial charge in [0.2, 0.25) is 5.82 Å². The van der Waals surface area contributed by atoms with E-state index >= 15 is 0 Å². The Kier molecular flexibility index (Phi) is 4.46. The van der Waals surface area contributed by atoms with E-state index < -0.39 is 5.60 Å². The van der Waals surface area contributed by atoms with Gasteiger partial charge in [0.25, 0.3) is 5.89 Å². The minimum atomic E-state index is -0.534. The average molecular weight is 276 g/mol. The summed E-state index contributed by atoms with van der Waals surface area (Å²) in [5.74, 6) is 0.935. The van der Waals surface area contributed by atoms with E-state index in [0.717, 1.165) is 12.0 Å². The van der Waals surface area contributed by atoms with Gasteiger partial charge in [0.15, 0.2) is 0 Å². The molecule has 2 aromatic rings. The highest BCUT2D eigenvalue weighted by atomic mass is 16.5. The van der Waals surface area contributed by atoms with Crippen molar-refractivity contribution in [2.75, 3.05) is 6.61 Å². The molecule has 20 heavy (non-hydrogen) atoms. The van der Waals surface area contributed by atoms with E-state index in [4.69, 9.17) is 15.0 Å². The molecule has 108 valence electrons. The summed E-state index contributed by atoms with van der Waals surface area (Å²) in [6.07, 6.45) is 2.47. The van der Waals surface area contributed by atoms with Crippen LogP contribution in [0.4, 0.5) is 0 Å². The Morgan fingerprint density at radius 1 is 1.35 bits per heavy atom. The van der Waals surface area contributed by atoms with Crippen molar-refractivity contribution in [2.45, 2.75) is 39.3 Å². The second kappa shape index (κ2) is 6.11. The monoisotopic (exact) mass is 276 g/mol. The first-order chi connectivity index (χ1) is 9.62. The van der Waals surface area contributed by atoms with Crippen molar-refractivity contribution in [3.63, 3.8) is 0 Å². The minimum Gasteiger partial charge on any atom is -0.367 e. The minimum absolute atomic E-state index is 0.392. The fraction of sp³-hybridized carbons (Fsp3) is 0.500. The summed E-state index contributed by atoms with van der Waals surface area (Å²) < 4.78 is 11.0. The SMILES string of the molecule is CCOC(C)(CC)c1noc(-c2ccc(CN)cn2)n1. The van der Waals surface area contributed by atoms with Crippen LogP contribution in [-0.2, 0) is 16.9 Å². The van der Waals surface area contributed by atoms with Crippen molar-refractivity contribution in [3.05, 3.63) is 29.7 Å². The van der Waals surface area contributed by atoms with E-state index in [-0.39, 0.29) is 0 Å². The van der Waals surface area contributed by atoms with E-state index in [2.05, 4.69) is 15.1 Å². The molecule has 0 bridgehead atoms. The number of nitrogens with two attached hydrogens (primary N) is 1. The molecule has 0 radical (unpaired) electrons. The number of aromatic nitrogens is 3. The van der Waals surface area contributed by atoms with E-state index in [0.29, 0.717) is 30.6 Å². The molecule has 0 spiro atoms. The van der Waals surface area contributed by atoms with Crippen LogP contribution in [0.1, 0.15) is 38.6 Å². The summed E-state index contributed by atoms with van der Waals surface area (Å²) in [7, 11) is 0. The van der Waals surface area contributed by atoms with Crippen molar-refractivity contribution >= 4 is 0 Å². The summed E-state index contributed by atoms with van der Waals surface area (Å²) in [6, 6.07) is 3.72. The third-order valence-corrected chi connectivity index (χ3v) is 3.32. The predicted molar refractivity (Wildman–Crippen MR) is 74.7 cm³/mol. The maximum atomic E-state index is 5.73. The van der Waals surface area contributed by atoms with Gasteiger partial charge in [-0.25, -0.2) is 0 Å². The van der Waals surface area contributed by atoms with Gasteiger partial charge in [-0.1, -0.05) is 18.1 Å². The number of hydrogen-bond acceptors (Lipinski definition) is 6. The summed E-state index contributed by atoms with van der Waals surface area (Å²) in [5.41, 5.74) is 6.60. The third-order valence-electron chi connectivity index (χ3n) is 3.32. The van der Waals surface area contributed by atoms with Crippen molar-refractivity contribution in [1.29, 1.82) is 0 Å². The zero-order valence-corrected chi connectivity index (χ0v) is 12.1. The van der Waals surface area contributed by atoms with E-state index in [1.54, 1.807) is 6.20 Å². The lowest BCUT2D eigenvalue weighted by Gasteiger charge is -2.23. The highest BCUT2D eigenvalue weighted by Gasteiger charge is 2.31. The van der Waals surface area contributed by atoms with Gasteiger partial charge >= 0.3 is 0 Å². The van der Waals surface area contributed by atoms with Gasteiger partial charge in [0.1, 0.15) is 11.3 Å². The lowest BCUT2D eigenvalue weighted by Crippen LogP contribution is -2.26. The van der Waals surface area contributed by atoms with Gasteiger partial charge in [-0.2, -0.15) is 4.98 Å². The lowest BCUT2D eigenvalue weighted by molar-refractivity contribution is -0.0403. The number of nitrogens with zero attached hydrogens (tertiary/aromatic N) is 3. The predicted octanol–water partition coefficient (Wildman–Crippen LogP) is 2.25. The second-order valence-electron chi connectivity index (χ2n) is 4.70. The molecule has 2 aromatic heterocycles. The summed E-state index contributed by atoms with van der Waals surface area (Å²) in [5, 5.41) is 4.02. The molecular formula is C14H20N4O2. The Morgan fingerprint density at radius 3 is 2.70 bits per heavy atom. The van der Waals surface area contributed by atoms with Crippen molar-refractivity contribution in [2.24, 2.45) is 5.73 Å². The standard InChI is InChI=1S/C14H20N4O2/c1-4-14(3,19-5-2)13-17-12(20-18-13)11-7-6-10(8-15)9-16-11/h6-7,9H,4-5,8,15H2,1-3H3. The molecule has 2 N–H and O–H groups in total. The first-order valence-corrected chi connectivity index (χ1v) is 6.76. The van der Waals surface area contributed by atoms with Gasteiger partial charge in [-0.15, -0.1) is 0 Å². The van der Waals surface area contributed by atoms with E-state index in [1.807, 2.05) is 32.9 Å². The number of ether oxygens (including phenoxy) is 1. The van der Waals surface area contributed by atoms with Gasteiger partial charge in [0.05, 0.1) is 0 Å². The van der Waals surface area contributed by atoms with Crippen molar-refractivity contribution in [3.8, 4) is 11.6 Å². The maximum absolute atomic E-state index is 5.73. The molecule has 0 aliphatic carbocycles. The Balaban J connectivity index is 2.27. The number of rotatable bonds is 6. The largest absolute Gasteiger partial charge is 0.367 e. The van der Waals surface area contributed by atoms with Crippen LogP contribution in [0, 0.1) is 0 Å². The summed E-state index contributed by atoms with van der Waals surface area (Å²) in [6.45, 7) is 6.98. The van der Waals surface area contributed by atoms with Gasteiger partial charge in [-0.3, -0.25) is 4.98 Å². The number of pyridine rings is 1. The molecule has 0 amide bonds. The van der Waals surface area contributed by atoms with Crippen LogP contribution in [0.3, 0.4) is 0 Å². The van der Waals surface area contributed by atoms with Gasteiger partial charge < -0.3 is 15.0 Å². The highest BCUT2D eigenvalue weighted by Crippen LogP contribution is 2.28. The Hall–Kier alpha value is -1.79. The molecule has 0 aliphatic heterocycles. The van der Waals surface area contributed by atoms with Crippen LogP contribution in [0.15, 0.2) is 22.9 Å². The zero-order valence-electron chi connectivity index (χ0n) is 12.1. The molecular weight excluding hydrogens is 256 g/mol. The molecule has 0 aromatic carbocycles.